The number of rotatable bonds is 5. The molecule has 0 aliphatic rings. The van der Waals surface area contributed by atoms with Gasteiger partial charge in [0.15, 0.2) is 0 Å². The van der Waals surface area contributed by atoms with E-state index in [1.807, 2.05) is 0 Å². The molecule has 0 aliphatic carbocycles. The van der Waals surface area contributed by atoms with Gasteiger partial charge < -0.3 is 5.32 Å². The van der Waals surface area contributed by atoms with Crippen LogP contribution in [0.15, 0.2) is 22.8 Å². The highest BCUT2D eigenvalue weighted by atomic mass is 79.9. The Bertz CT molecular complexity index is 504. The molecule has 1 amide bonds. The molecule has 0 saturated carbocycles. The van der Waals surface area contributed by atoms with E-state index in [1.54, 1.807) is 18.2 Å². The van der Waals surface area contributed by atoms with Gasteiger partial charge in [-0.25, -0.2) is 18.1 Å². The minimum Gasteiger partial charge on any atom is -0.350 e. The number of amides is 1. The lowest BCUT2D eigenvalue weighted by molar-refractivity contribution is 0.0951. The maximum Gasteiger partial charge on any atom is 0.269 e. The largest absolute Gasteiger partial charge is 0.350 e. The van der Waals surface area contributed by atoms with Gasteiger partial charge in [0, 0.05) is 6.54 Å². The van der Waals surface area contributed by atoms with E-state index in [0.29, 0.717) is 4.60 Å². The number of carbonyl (C=O) groups excluding carboxylic acids is 1. The van der Waals surface area contributed by atoms with Crippen molar-refractivity contribution in [2.45, 2.75) is 0 Å². The van der Waals surface area contributed by atoms with Crippen LogP contribution in [0.5, 0.6) is 0 Å². The van der Waals surface area contributed by atoms with E-state index in [9.17, 15) is 13.2 Å². The van der Waals surface area contributed by atoms with E-state index in [1.165, 1.54) is 7.05 Å². The molecule has 0 spiro atoms. The number of hydrogen-bond acceptors (Lipinski definition) is 4. The molecule has 0 aromatic carbocycles. The molecule has 0 bridgehead atoms. The quantitative estimate of drug-likeness (QED) is 0.754. The SMILES string of the molecule is CNS(=O)(=O)CCNC(=O)c1cccc(Br)n1. The van der Waals surface area contributed by atoms with E-state index in [0.717, 1.165) is 0 Å². The third-order valence-electron chi connectivity index (χ3n) is 1.92. The van der Waals surface area contributed by atoms with E-state index in [4.69, 9.17) is 0 Å². The predicted molar refractivity (Wildman–Crippen MR) is 67.1 cm³/mol. The van der Waals surface area contributed by atoms with Crippen molar-refractivity contribution in [2.24, 2.45) is 0 Å². The van der Waals surface area contributed by atoms with Gasteiger partial charge in [0.1, 0.15) is 10.3 Å². The Kier molecular flexibility index (Phi) is 5.03. The van der Waals surface area contributed by atoms with Gasteiger partial charge in [-0.1, -0.05) is 6.07 Å². The van der Waals surface area contributed by atoms with Crippen molar-refractivity contribution < 1.29 is 13.2 Å². The Morgan fingerprint density at radius 1 is 1.47 bits per heavy atom. The van der Waals surface area contributed by atoms with E-state index < -0.39 is 15.9 Å². The minimum atomic E-state index is -3.30. The summed E-state index contributed by atoms with van der Waals surface area (Å²) in [5.41, 5.74) is 0.237. The standard InChI is InChI=1S/C9H12BrN3O3S/c1-11-17(15,16)6-5-12-9(14)7-3-2-4-8(10)13-7/h2-4,11H,5-6H2,1H3,(H,12,14). The van der Waals surface area contributed by atoms with Crippen LogP contribution < -0.4 is 10.0 Å². The Hall–Kier alpha value is -0.990. The van der Waals surface area contributed by atoms with Crippen molar-refractivity contribution in [3.63, 3.8) is 0 Å². The lowest BCUT2D eigenvalue weighted by Crippen LogP contribution is -2.33. The van der Waals surface area contributed by atoms with Gasteiger partial charge in [-0.2, -0.15) is 0 Å². The average Bonchev–Trinajstić information content (AvgIpc) is 2.28. The molecule has 1 heterocycles. The van der Waals surface area contributed by atoms with Crippen LogP contribution in [0.3, 0.4) is 0 Å². The molecule has 8 heteroatoms. The number of nitrogens with one attached hydrogen (secondary N) is 2. The molecule has 0 unspecified atom stereocenters. The molecular weight excluding hydrogens is 310 g/mol. The van der Waals surface area contributed by atoms with Crippen molar-refractivity contribution in [3.8, 4) is 0 Å². The molecule has 1 aromatic heterocycles. The monoisotopic (exact) mass is 321 g/mol. The fourth-order valence-electron chi connectivity index (χ4n) is 1.03. The number of pyridine rings is 1. The summed E-state index contributed by atoms with van der Waals surface area (Å²) in [6, 6.07) is 4.92. The highest BCUT2D eigenvalue weighted by Gasteiger charge is 2.10. The van der Waals surface area contributed by atoms with Gasteiger partial charge in [-0.05, 0) is 35.1 Å². The third-order valence-corrected chi connectivity index (χ3v) is 3.72. The lowest BCUT2D eigenvalue weighted by atomic mass is 10.3. The molecule has 0 atom stereocenters. The Morgan fingerprint density at radius 2 is 2.18 bits per heavy atom. The summed E-state index contributed by atoms with van der Waals surface area (Å²) in [7, 11) is -1.97. The van der Waals surface area contributed by atoms with Crippen LogP contribution in [-0.2, 0) is 10.0 Å². The van der Waals surface area contributed by atoms with Crippen LogP contribution in [0.2, 0.25) is 0 Å². The Morgan fingerprint density at radius 3 is 2.76 bits per heavy atom. The highest BCUT2D eigenvalue weighted by molar-refractivity contribution is 9.10. The van der Waals surface area contributed by atoms with Gasteiger partial charge in [-0.15, -0.1) is 0 Å². The molecular formula is C9H12BrN3O3S. The van der Waals surface area contributed by atoms with Crippen molar-refractivity contribution in [1.82, 2.24) is 15.0 Å². The molecule has 17 heavy (non-hydrogen) atoms. The zero-order chi connectivity index (χ0) is 12.9. The van der Waals surface area contributed by atoms with E-state index in [2.05, 4.69) is 31.0 Å². The van der Waals surface area contributed by atoms with Crippen molar-refractivity contribution >= 4 is 31.9 Å². The first kappa shape index (κ1) is 14.1. The van der Waals surface area contributed by atoms with Gasteiger partial charge >= 0.3 is 0 Å². The number of aromatic nitrogens is 1. The first-order chi connectivity index (χ1) is 7.94. The Labute approximate surface area is 108 Å². The molecule has 0 fully saturated rings. The molecule has 1 rings (SSSR count). The molecule has 6 nitrogen and oxygen atoms in total. The highest BCUT2D eigenvalue weighted by Crippen LogP contribution is 2.05. The van der Waals surface area contributed by atoms with Crippen molar-refractivity contribution in [2.75, 3.05) is 19.3 Å². The van der Waals surface area contributed by atoms with Crippen molar-refractivity contribution in [1.29, 1.82) is 0 Å². The number of halogens is 1. The number of hydrogen-bond donors (Lipinski definition) is 2. The second-order valence-electron chi connectivity index (χ2n) is 3.12. The van der Waals surface area contributed by atoms with Crippen LogP contribution in [-0.4, -0.2) is 38.7 Å². The summed E-state index contributed by atoms with van der Waals surface area (Å²) in [5.74, 6) is -0.568. The average molecular weight is 322 g/mol. The van der Waals surface area contributed by atoms with Gasteiger partial charge in [0.2, 0.25) is 10.0 Å². The smallest absolute Gasteiger partial charge is 0.269 e. The van der Waals surface area contributed by atoms with Crippen LogP contribution >= 0.6 is 15.9 Å². The normalized spacial score (nSPS) is 11.2. The summed E-state index contributed by atoms with van der Waals surface area (Å²) < 4.78 is 24.9. The second-order valence-corrected chi connectivity index (χ2v) is 5.98. The second kappa shape index (κ2) is 6.08. The summed E-state index contributed by atoms with van der Waals surface area (Å²) in [5, 5.41) is 2.48. The van der Waals surface area contributed by atoms with Crippen LogP contribution in [0.1, 0.15) is 10.5 Å². The van der Waals surface area contributed by atoms with Crippen LogP contribution in [0.25, 0.3) is 0 Å². The maximum atomic E-state index is 11.6. The van der Waals surface area contributed by atoms with Gasteiger partial charge in [-0.3, -0.25) is 4.79 Å². The predicted octanol–water partition coefficient (Wildman–Crippen LogP) is 0.123. The van der Waals surface area contributed by atoms with Crippen molar-refractivity contribution in [3.05, 3.63) is 28.5 Å². The number of carbonyl (C=O) groups is 1. The summed E-state index contributed by atoms with van der Waals surface area (Å²) in [6.45, 7) is 0.0379. The summed E-state index contributed by atoms with van der Waals surface area (Å²) >= 11 is 3.14. The van der Waals surface area contributed by atoms with Crippen LogP contribution in [0, 0.1) is 0 Å². The third kappa shape index (κ3) is 4.80. The molecule has 0 radical (unpaired) electrons. The number of nitrogens with zero attached hydrogens (tertiary/aromatic N) is 1. The van der Waals surface area contributed by atoms with Gasteiger partial charge in [0.05, 0.1) is 5.75 Å². The topological polar surface area (TPSA) is 88.2 Å². The summed E-state index contributed by atoms with van der Waals surface area (Å²) in [4.78, 5) is 15.5. The number of sulfonamides is 1. The summed E-state index contributed by atoms with van der Waals surface area (Å²) in [6.07, 6.45) is 0. The maximum absolute atomic E-state index is 11.6. The van der Waals surface area contributed by atoms with E-state index >= 15 is 0 Å². The minimum absolute atomic E-state index is 0.0379. The zero-order valence-corrected chi connectivity index (χ0v) is 11.5. The van der Waals surface area contributed by atoms with Crippen LogP contribution in [0.4, 0.5) is 0 Å². The molecule has 1 aromatic rings. The fraction of sp³-hybridized carbons (Fsp3) is 0.333. The molecule has 2 N–H and O–H groups in total. The molecule has 94 valence electrons. The first-order valence-electron chi connectivity index (χ1n) is 4.76. The lowest BCUT2D eigenvalue weighted by Gasteiger charge is -2.05. The van der Waals surface area contributed by atoms with Gasteiger partial charge in [0.25, 0.3) is 5.91 Å². The molecule has 0 saturated heterocycles. The van der Waals surface area contributed by atoms with E-state index in [-0.39, 0.29) is 18.0 Å². The zero-order valence-electron chi connectivity index (χ0n) is 9.10. The first-order valence-corrected chi connectivity index (χ1v) is 7.21. The fourth-order valence-corrected chi connectivity index (χ4v) is 1.94. The molecule has 0 aliphatic heterocycles. The Balaban J connectivity index is 2.51.